The fourth-order valence-electron chi connectivity index (χ4n) is 2.03. The third-order valence-corrected chi connectivity index (χ3v) is 5.03. The van der Waals surface area contributed by atoms with Gasteiger partial charge in [-0.3, -0.25) is 0 Å². The normalized spacial score (nSPS) is 12.8. The lowest BCUT2D eigenvalue weighted by Crippen LogP contribution is -2.39. The van der Waals surface area contributed by atoms with Crippen LogP contribution in [0.3, 0.4) is 0 Å². The lowest BCUT2D eigenvalue weighted by atomic mass is 10.2. The van der Waals surface area contributed by atoms with Crippen LogP contribution >= 0.6 is 0 Å². The Morgan fingerprint density at radius 1 is 1.29 bits per heavy atom. The topological polar surface area (TPSA) is 74.0 Å². The van der Waals surface area contributed by atoms with E-state index in [-0.39, 0.29) is 23.2 Å². The summed E-state index contributed by atoms with van der Waals surface area (Å²) < 4.78 is 32.3. The monoisotopic (exact) mass is 318 g/mol. The van der Waals surface area contributed by atoms with E-state index in [2.05, 4.69) is 0 Å². The van der Waals surface area contributed by atoms with Gasteiger partial charge in [0, 0.05) is 25.7 Å². The first-order chi connectivity index (χ1) is 9.68. The van der Waals surface area contributed by atoms with Gasteiger partial charge in [-0.2, -0.15) is 4.31 Å². The number of sulfonamides is 1. The lowest BCUT2D eigenvalue weighted by Gasteiger charge is -2.25. The van der Waals surface area contributed by atoms with Crippen molar-refractivity contribution in [2.75, 3.05) is 33.7 Å². The maximum atomic E-state index is 12.8. The Hall–Kier alpha value is -0.890. The maximum Gasteiger partial charge on any atom is 0.246 e. The van der Waals surface area contributed by atoms with Crippen molar-refractivity contribution in [3.63, 3.8) is 0 Å². The Balaban J connectivity index is 3.09. The zero-order valence-electron chi connectivity index (χ0n) is 13.5. The summed E-state index contributed by atoms with van der Waals surface area (Å²) in [5.41, 5.74) is 0. The summed E-state index contributed by atoms with van der Waals surface area (Å²) in [5.74, 6) is 0.812. The second-order valence-corrected chi connectivity index (χ2v) is 7.76. The zero-order chi connectivity index (χ0) is 16.2. The van der Waals surface area contributed by atoms with Crippen LogP contribution in [-0.4, -0.2) is 56.5 Å². The largest absolute Gasteiger partial charge is 0.462 e. The highest BCUT2D eigenvalue weighted by Gasteiger charge is 2.29. The van der Waals surface area contributed by atoms with Crippen LogP contribution in [0.4, 0.5) is 0 Å². The summed E-state index contributed by atoms with van der Waals surface area (Å²) >= 11 is 0. The molecule has 0 aliphatic carbocycles. The molecule has 1 rings (SSSR count). The van der Waals surface area contributed by atoms with Gasteiger partial charge in [0.2, 0.25) is 10.0 Å². The second kappa shape index (κ2) is 7.40. The van der Waals surface area contributed by atoms with E-state index in [9.17, 15) is 8.42 Å². The van der Waals surface area contributed by atoms with E-state index in [1.54, 1.807) is 6.92 Å². The van der Waals surface area contributed by atoms with Crippen molar-refractivity contribution < 1.29 is 17.9 Å². The van der Waals surface area contributed by atoms with E-state index in [4.69, 9.17) is 9.52 Å². The van der Waals surface area contributed by atoms with Crippen molar-refractivity contribution in [1.82, 2.24) is 9.21 Å². The number of rotatable bonds is 8. The van der Waals surface area contributed by atoms with Crippen LogP contribution in [0.1, 0.15) is 25.4 Å². The quantitative estimate of drug-likeness (QED) is 0.782. The Labute approximate surface area is 127 Å². The summed E-state index contributed by atoms with van der Waals surface area (Å²) in [6.45, 7) is 6.79. The summed E-state index contributed by atoms with van der Waals surface area (Å²) in [6, 6.07) is 1.41. The predicted molar refractivity (Wildman–Crippen MR) is 81.5 cm³/mol. The molecule has 0 saturated heterocycles. The summed E-state index contributed by atoms with van der Waals surface area (Å²) in [7, 11) is 0.210. The molecule has 1 N–H and O–H groups in total. The fourth-order valence-corrected chi connectivity index (χ4v) is 3.81. The first kappa shape index (κ1) is 18.2. The molecule has 6 nitrogen and oxygen atoms in total. The molecule has 1 heterocycles. The third kappa shape index (κ3) is 4.81. The van der Waals surface area contributed by atoms with Crippen molar-refractivity contribution in [1.29, 1.82) is 0 Å². The lowest BCUT2D eigenvalue weighted by molar-refractivity contribution is 0.244. The van der Waals surface area contributed by atoms with E-state index in [0.29, 0.717) is 25.4 Å². The van der Waals surface area contributed by atoms with Gasteiger partial charge in [-0.05, 0) is 26.9 Å². The minimum atomic E-state index is -3.61. The number of hydrogen-bond acceptors (Lipinski definition) is 5. The van der Waals surface area contributed by atoms with Crippen LogP contribution < -0.4 is 0 Å². The minimum Gasteiger partial charge on any atom is -0.462 e. The number of hydrogen-bond donors (Lipinski definition) is 1. The molecule has 0 bridgehead atoms. The van der Waals surface area contributed by atoms with Crippen molar-refractivity contribution in [2.24, 2.45) is 5.92 Å². The Kier molecular flexibility index (Phi) is 6.40. The highest BCUT2D eigenvalue weighted by Crippen LogP contribution is 2.24. The summed E-state index contributed by atoms with van der Waals surface area (Å²) in [5, 5.41) is 9.09. The predicted octanol–water partition coefficient (Wildman–Crippen LogP) is 1.29. The number of aryl methyl sites for hydroxylation is 1. The van der Waals surface area contributed by atoms with Gasteiger partial charge >= 0.3 is 0 Å². The first-order valence-corrected chi connectivity index (χ1v) is 8.47. The SMILES string of the molecule is Cc1oc(CO)cc1S(=O)(=O)N(CCN(C)C)CC(C)C. The van der Waals surface area contributed by atoms with Gasteiger partial charge < -0.3 is 14.4 Å². The van der Waals surface area contributed by atoms with Crippen LogP contribution in [0.5, 0.6) is 0 Å². The molecule has 21 heavy (non-hydrogen) atoms. The molecule has 0 radical (unpaired) electrons. The molecule has 0 saturated carbocycles. The molecular formula is C14H26N2O4S. The minimum absolute atomic E-state index is 0.144. The number of aliphatic hydroxyl groups is 1. The van der Waals surface area contributed by atoms with Crippen LogP contribution in [0.15, 0.2) is 15.4 Å². The molecule has 1 aromatic rings. The van der Waals surface area contributed by atoms with Gasteiger partial charge in [-0.15, -0.1) is 0 Å². The second-order valence-electron chi connectivity index (χ2n) is 5.85. The van der Waals surface area contributed by atoms with Gasteiger partial charge in [0.1, 0.15) is 23.0 Å². The molecule has 0 spiro atoms. The first-order valence-electron chi connectivity index (χ1n) is 7.03. The maximum absolute atomic E-state index is 12.8. The molecule has 7 heteroatoms. The van der Waals surface area contributed by atoms with Crippen LogP contribution in [0, 0.1) is 12.8 Å². The van der Waals surface area contributed by atoms with Crippen molar-refractivity contribution in [2.45, 2.75) is 32.3 Å². The van der Waals surface area contributed by atoms with E-state index >= 15 is 0 Å². The molecule has 0 unspecified atom stereocenters. The van der Waals surface area contributed by atoms with Crippen LogP contribution in [0.2, 0.25) is 0 Å². The van der Waals surface area contributed by atoms with Gasteiger partial charge in [0.15, 0.2) is 0 Å². The highest BCUT2D eigenvalue weighted by molar-refractivity contribution is 7.89. The summed E-state index contributed by atoms with van der Waals surface area (Å²) in [4.78, 5) is 2.09. The number of aliphatic hydroxyl groups excluding tert-OH is 1. The average Bonchev–Trinajstić information content (AvgIpc) is 2.75. The Morgan fingerprint density at radius 3 is 2.33 bits per heavy atom. The molecule has 0 amide bonds. The van der Waals surface area contributed by atoms with E-state index in [1.807, 2.05) is 32.8 Å². The number of nitrogens with zero attached hydrogens (tertiary/aromatic N) is 2. The van der Waals surface area contributed by atoms with Gasteiger partial charge in [0.05, 0.1) is 0 Å². The van der Waals surface area contributed by atoms with Crippen molar-refractivity contribution in [3.8, 4) is 0 Å². The number of furan rings is 1. The van der Waals surface area contributed by atoms with Gasteiger partial charge in [-0.1, -0.05) is 13.8 Å². The zero-order valence-corrected chi connectivity index (χ0v) is 14.3. The van der Waals surface area contributed by atoms with E-state index in [1.165, 1.54) is 10.4 Å². The number of likely N-dealkylation sites (N-methyl/N-ethyl adjacent to an activating group) is 1. The van der Waals surface area contributed by atoms with Crippen LogP contribution in [0.25, 0.3) is 0 Å². The van der Waals surface area contributed by atoms with Gasteiger partial charge in [-0.25, -0.2) is 8.42 Å². The standard InChI is InChI=1S/C14H26N2O4S/c1-11(2)9-16(7-6-15(4)5)21(18,19)14-8-13(10-17)20-12(14)3/h8,11,17H,6-7,9-10H2,1-5H3. The molecule has 122 valence electrons. The van der Waals surface area contributed by atoms with E-state index in [0.717, 1.165) is 0 Å². The molecule has 0 aliphatic rings. The van der Waals surface area contributed by atoms with Crippen molar-refractivity contribution in [3.05, 3.63) is 17.6 Å². The fraction of sp³-hybridized carbons (Fsp3) is 0.714. The third-order valence-electron chi connectivity index (χ3n) is 3.06. The molecule has 0 atom stereocenters. The molecule has 0 aromatic carbocycles. The van der Waals surface area contributed by atoms with Crippen LogP contribution in [-0.2, 0) is 16.6 Å². The molecule has 0 aliphatic heterocycles. The van der Waals surface area contributed by atoms with Crippen molar-refractivity contribution >= 4 is 10.0 Å². The summed E-state index contributed by atoms with van der Waals surface area (Å²) in [6.07, 6.45) is 0. The Morgan fingerprint density at radius 2 is 1.90 bits per heavy atom. The highest BCUT2D eigenvalue weighted by atomic mass is 32.2. The average molecular weight is 318 g/mol. The molecular weight excluding hydrogens is 292 g/mol. The van der Waals surface area contributed by atoms with E-state index < -0.39 is 10.0 Å². The van der Waals surface area contributed by atoms with Gasteiger partial charge in [0.25, 0.3) is 0 Å². The molecule has 0 fully saturated rings. The Bertz CT molecular complexity index is 549. The molecule has 1 aromatic heterocycles. The smallest absolute Gasteiger partial charge is 0.246 e.